The van der Waals surface area contributed by atoms with E-state index >= 15 is 0 Å². The number of anilines is 1. The molecule has 0 spiro atoms. The van der Waals surface area contributed by atoms with Crippen LogP contribution >= 0.6 is 11.6 Å². The molecule has 1 saturated heterocycles. The molecule has 4 nitrogen and oxygen atoms in total. The number of aromatic amines is 1. The predicted molar refractivity (Wildman–Crippen MR) is 85.3 cm³/mol. The number of rotatable bonds is 2. The smallest absolute Gasteiger partial charge is 0.354 e. The van der Waals surface area contributed by atoms with Crippen LogP contribution in [0.4, 0.5) is 19.0 Å². The zero-order valence-electron chi connectivity index (χ0n) is 12.3. The Morgan fingerprint density at radius 3 is 2.62 bits per heavy atom. The molecule has 8 heteroatoms. The number of benzene rings is 1. The molecule has 2 aromatic heterocycles. The van der Waals surface area contributed by atoms with Crippen LogP contribution in [0.1, 0.15) is 17.3 Å². The molecule has 0 atom stereocenters. The summed E-state index contributed by atoms with van der Waals surface area (Å²) in [5, 5.41) is 0.00730. The third-order valence-corrected chi connectivity index (χ3v) is 4.40. The molecular weight excluding hydrogens is 341 g/mol. The fourth-order valence-electron chi connectivity index (χ4n) is 2.81. The van der Waals surface area contributed by atoms with Crippen LogP contribution in [0.25, 0.3) is 11.0 Å². The first-order chi connectivity index (χ1) is 11.4. The minimum atomic E-state index is -4.44. The second kappa shape index (κ2) is 5.37. The van der Waals surface area contributed by atoms with Crippen molar-refractivity contribution in [2.45, 2.75) is 12.1 Å². The third kappa shape index (κ3) is 2.58. The SMILES string of the molecule is FC(F)(F)c1cnc(N2CC(c3nc4ccccc4[nH]3)C2)c(Cl)c1. The van der Waals surface area contributed by atoms with Gasteiger partial charge in [0.15, 0.2) is 0 Å². The van der Waals surface area contributed by atoms with E-state index in [4.69, 9.17) is 11.6 Å². The lowest BCUT2D eigenvalue weighted by Gasteiger charge is -2.39. The number of H-pyrrole nitrogens is 1. The molecule has 1 aliphatic heterocycles. The van der Waals surface area contributed by atoms with Crippen molar-refractivity contribution in [1.29, 1.82) is 0 Å². The van der Waals surface area contributed by atoms with Crippen molar-refractivity contribution >= 4 is 28.5 Å². The first-order valence-electron chi connectivity index (χ1n) is 7.34. The van der Waals surface area contributed by atoms with Crippen molar-refractivity contribution in [3.63, 3.8) is 0 Å². The summed E-state index contributed by atoms with van der Waals surface area (Å²) in [6.45, 7) is 1.22. The third-order valence-electron chi connectivity index (χ3n) is 4.12. The van der Waals surface area contributed by atoms with E-state index in [9.17, 15) is 13.2 Å². The standard InChI is InChI=1S/C16H12ClF3N4/c17-11-5-10(16(18,19)20)6-21-15(11)24-7-9(8-24)14-22-12-3-1-2-4-13(12)23-14/h1-6,9H,7-8H2,(H,22,23). The number of pyridine rings is 1. The van der Waals surface area contributed by atoms with E-state index in [1.54, 1.807) is 0 Å². The Hall–Kier alpha value is -2.28. The van der Waals surface area contributed by atoms with Crippen LogP contribution in [0.2, 0.25) is 5.02 Å². The van der Waals surface area contributed by atoms with Crippen molar-refractivity contribution < 1.29 is 13.2 Å². The van der Waals surface area contributed by atoms with Crippen LogP contribution in [0.3, 0.4) is 0 Å². The van der Waals surface area contributed by atoms with Crippen LogP contribution in [0.5, 0.6) is 0 Å². The van der Waals surface area contributed by atoms with E-state index in [2.05, 4.69) is 15.0 Å². The molecule has 24 heavy (non-hydrogen) atoms. The fourth-order valence-corrected chi connectivity index (χ4v) is 3.09. The van der Waals surface area contributed by atoms with Crippen molar-refractivity contribution in [3.8, 4) is 0 Å². The average Bonchev–Trinajstić information content (AvgIpc) is 2.89. The molecule has 3 aromatic rings. The minimum Gasteiger partial charge on any atom is -0.354 e. The number of hydrogen-bond acceptors (Lipinski definition) is 3. The number of nitrogens with one attached hydrogen (secondary N) is 1. The van der Waals surface area contributed by atoms with Gasteiger partial charge in [0.2, 0.25) is 0 Å². The molecule has 0 bridgehead atoms. The van der Waals surface area contributed by atoms with E-state index in [1.165, 1.54) is 0 Å². The van der Waals surface area contributed by atoms with Gasteiger partial charge in [0.05, 0.1) is 27.5 Å². The Labute approximate surface area is 140 Å². The Morgan fingerprint density at radius 2 is 1.96 bits per heavy atom. The van der Waals surface area contributed by atoms with Crippen LogP contribution < -0.4 is 4.90 Å². The molecule has 1 N–H and O–H groups in total. The Bertz CT molecular complexity index is 867. The molecule has 3 heterocycles. The van der Waals surface area contributed by atoms with E-state index in [0.29, 0.717) is 18.9 Å². The second-order valence-electron chi connectivity index (χ2n) is 5.77. The van der Waals surface area contributed by atoms with E-state index < -0.39 is 11.7 Å². The summed E-state index contributed by atoms with van der Waals surface area (Å²) < 4.78 is 38.0. The van der Waals surface area contributed by atoms with Gasteiger partial charge in [0.25, 0.3) is 0 Å². The summed E-state index contributed by atoms with van der Waals surface area (Å²) in [6.07, 6.45) is -3.63. The first kappa shape index (κ1) is 15.3. The van der Waals surface area contributed by atoms with Gasteiger partial charge < -0.3 is 9.88 Å². The van der Waals surface area contributed by atoms with Gasteiger partial charge in [-0.25, -0.2) is 9.97 Å². The number of imidazole rings is 1. The summed E-state index contributed by atoms with van der Waals surface area (Å²) in [5.41, 5.74) is 1.03. The lowest BCUT2D eigenvalue weighted by atomic mass is 9.99. The predicted octanol–water partition coefficient (Wildman–Crippen LogP) is 4.23. The summed E-state index contributed by atoms with van der Waals surface area (Å²) >= 11 is 5.97. The quantitative estimate of drug-likeness (QED) is 0.750. The summed E-state index contributed by atoms with van der Waals surface area (Å²) in [7, 11) is 0. The maximum absolute atomic E-state index is 12.7. The number of halogens is 4. The van der Waals surface area contributed by atoms with Gasteiger partial charge >= 0.3 is 6.18 Å². The highest BCUT2D eigenvalue weighted by Gasteiger charge is 2.35. The zero-order valence-corrected chi connectivity index (χ0v) is 13.1. The fraction of sp³-hybridized carbons (Fsp3) is 0.250. The number of fused-ring (bicyclic) bond motifs is 1. The maximum Gasteiger partial charge on any atom is 0.417 e. The van der Waals surface area contributed by atoms with Gasteiger partial charge in [-0.05, 0) is 18.2 Å². The molecule has 0 saturated carbocycles. The molecule has 1 aromatic carbocycles. The van der Waals surface area contributed by atoms with Crippen molar-refractivity contribution in [2.24, 2.45) is 0 Å². The first-order valence-corrected chi connectivity index (χ1v) is 7.72. The number of para-hydroxylation sites is 2. The molecule has 0 amide bonds. The molecule has 0 unspecified atom stereocenters. The van der Waals surface area contributed by atoms with E-state index in [1.807, 2.05) is 29.2 Å². The normalized spacial score (nSPS) is 15.8. The average molecular weight is 353 g/mol. The highest BCUT2D eigenvalue weighted by molar-refractivity contribution is 6.33. The van der Waals surface area contributed by atoms with Crippen molar-refractivity contribution in [1.82, 2.24) is 15.0 Å². The Kier molecular flexibility index (Phi) is 3.42. The molecule has 1 aliphatic rings. The molecule has 124 valence electrons. The number of alkyl halides is 3. The summed E-state index contributed by atoms with van der Waals surface area (Å²) in [4.78, 5) is 13.5. The van der Waals surface area contributed by atoms with Crippen LogP contribution in [0, 0.1) is 0 Å². The zero-order chi connectivity index (χ0) is 16.9. The number of nitrogens with zero attached hydrogens (tertiary/aromatic N) is 3. The van der Waals surface area contributed by atoms with Gasteiger partial charge in [-0.3, -0.25) is 0 Å². The second-order valence-corrected chi connectivity index (χ2v) is 6.18. The van der Waals surface area contributed by atoms with Crippen molar-refractivity contribution in [3.05, 3.63) is 52.9 Å². The molecule has 0 radical (unpaired) electrons. The molecule has 0 aliphatic carbocycles. The maximum atomic E-state index is 12.7. The highest BCUT2D eigenvalue weighted by Crippen LogP contribution is 2.37. The highest BCUT2D eigenvalue weighted by atomic mass is 35.5. The summed E-state index contributed by atoms with van der Waals surface area (Å²) in [6, 6.07) is 8.66. The van der Waals surface area contributed by atoms with Gasteiger partial charge in [-0.15, -0.1) is 0 Å². The number of hydrogen-bond donors (Lipinski definition) is 1. The van der Waals surface area contributed by atoms with Crippen LogP contribution in [0.15, 0.2) is 36.5 Å². The lowest BCUT2D eigenvalue weighted by Crippen LogP contribution is -2.46. The number of aromatic nitrogens is 3. The Balaban J connectivity index is 1.51. The molecule has 1 fully saturated rings. The van der Waals surface area contributed by atoms with Crippen molar-refractivity contribution in [2.75, 3.05) is 18.0 Å². The van der Waals surface area contributed by atoms with E-state index in [-0.39, 0.29) is 10.9 Å². The van der Waals surface area contributed by atoms with Gasteiger partial charge in [0, 0.05) is 19.3 Å². The molecule has 4 rings (SSSR count). The largest absolute Gasteiger partial charge is 0.417 e. The van der Waals surface area contributed by atoms with Gasteiger partial charge in [-0.2, -0.15) is 13.2 Å². The van der Waals surface area contributed by atoms with Gasteiger partial charge in [-0.1, -0.05) is 23.7 Å². The van der Waals surface area contributed by atoms with Crippen LogP contribution in [-0.2, 0) is 6.18 Å². The van der Waals surface area contributed by atoms with Crippen LogP contribution in [-0.4, -0.2) is 28.0 Å². The van der Waals surface area contributed by atoms with Gasteiger partial charge in [0.1, 0.15) is 11.6 Å². The monoisotopic (exact) mass is 352 g/mol. The molecular formula is C16H12ClF3N4. The summed E-state index contributed by atoms with van der Waals surface area (Å²) in [5.74, 6) is 1.42. The lowest BCUT2D eigenvalue weighted by molar-refractivity contribution is -0.137. The topological polar surface area (TPSA) is 44.8 Å². The Morgan fingerprint density at radius 1 is 1.21 bits per heavy atom. The van der Waals surface area contributed by atoms with E-state index in [0.717, 1.165) is 29.1 Å². The minimum absolute atomic E-state index is 0.00730.